The fourth-order valence-corrected chi connectivity index (χ4v) is 5.19. The number of halogens is 2. The molecule has 1 atom stereocenters. The number of nitrogens with one attached hydrogen (secondary N) is 1. The van der Waals surface area contributed by atoms with Gasteiger partial charge in [0, 0.05) is 21.6 Å². The van der Waals surface area contributed by atoms with Gasteiger partial charge in [0.05, 0.1) is 12.0 Å². The number of carbonyl (C=O) groups is 1. The number of rotatable bonds is 5. The number of benzene rings is 2. The molecule has 2 aromatic carbocycles. The standard InChI is InChI=1S/C20H19BrClNO4S/c1-27-20(24)9-2-13-10-15(21)11-14-12-17(5-8-19(13)14)23-28(25,26)18-6-3-16(22)4-7-18/h2-4,6-7,9-11,17,23H,5,8,12H2,1H3/b9-2+. The maximum absolute atomic E-state index is 12.6. The fourth-order valence-electron chi connectivity index (χ4n) is 3.27. The molecule has 0 saturated carbocycles. The molecule has 148 valence electrons. The third-order valence-electron chi connectivity index (χ3n) is 4.60. The predicted octanol–water partition coefficient (Wildman–Crippen LogP) is 4.12. The van der Waals surface area contributed by atoms with Gasteiger partial charge >= 0.3 is 5.97 Å². The van der Waals surface area contributed by atoms with Gasteiger partial charge in [-0.3, -0.25) is 0 Å². The van der Waals surface area contributed by atoms with Crippen LogP contribution in [0.15, 0.2) is 51.8 Å². The molecule has 1 N–H and O–H groups in total. The number of hydrogen-bond acceptors (Lipinski definition) is 4. The Morgan fingerprint density at radius 1 is 1.29 bits per heavy atom. The molecule has 0 bridgehead atoms. The Hall–Kier alpha value is -1.67. The third-order valence-corrected chi connectivity index (χ3v) is 6.84. The summed E-state index contributed by atoms with van der Waals surface area (Å²) in [5, 5.41) is 0.489. The van der Waals surface area contributed by atoms with Gasteiger partial charge in [0.15, 0.2) is 0 Å². The number of sulfonamides is 1. The van der Waals surface area contributed by atoms with Gasteiger partial charge in [-0.15, -0.1) is 0 Å². The predicted molar refractivity (Wildman–Crippen MR) is 113 cm³/mol. The molecular formula is C20H19BrClNO4S. The van der Waals surface area contributed by atoms with Crippen LogP contribution in [0.2, 0.25) is 5.02 Å². The Balaban J connectivity index is 1.81. The number of methoxy groups -OCH3 is 1. The van der Waals surface area contributed by atoms with Gasteiger partial charge < -0.3 is 4.74 Å². The molecule has 5 nitrogen and oxygen atoms in total. The Morgan fingerprint density at radius 2 is 2.00 bits per heavy atom. The van der Waals surface area contributed by atoms with Crippen molar-refractivity contribution < 1.29 is 17.9 Å². The minimum atomic E-state index is -3.62. The summed E-state index contributed by atoms with van der Waals surface area (Å²) in [4.78, 5) is 11.6. The van der Waals surface area contributed by atoms with Crippen molar-refractivity contribution in [1.82, 2.24) is 4.72 Å². The molecule has 0 spiro atoms. The van der Waals surface area contributed by atoms with E-state index in [0.29, 0.717) is 24.3 Å². The largest absolute Gasteiger partial charge is 0.466 e. The molecule has 28 heavy (non-hydrogen) atoms. The maximum atomic E-state index is 12.6. The highest BCUT2D eigenvalue weighted by Crippen LogP contribution is 2.30. The number of ether oxygens (including phenoxy) is 1. The van der Waals surface area contributed by atoms with Crippen molar-refractivity contribution >= 4 is 49.6 Å². The summed E-state index contributed by atoms with van der Waals surface area (Å²) in [6.45, 7) is 0. The number of fused-ring (bicyclic) bond motifs is 1. The van der Waals surface area contributed by atoms with Crippen LogP contribution in [-0.2, 0) is 32.4 Å². The quantitative estimate of drug-likeness (QED) is 0.512. The van der Waals surface area contributed by atoms with Crippen molar-refractivity contribution in [1.29, 1.82) is 0 Å². The zero-order chi connectivity index (χ0) is 20.3. The molecule has 3 rings (SSSR count). The van der Waals surface area contributed by atoms with Crippen molar-refractivity contribution in [2.24, 2.45) is 0 Å². The highest BCUT2D eigenvalue weighted by molar-refractivity contribution is 9.10. The first kappa shape index (κ1) is 21.0. The molecule has 0 aromatic heterocycles. The average molecular weight is 485 g/mol. The van der Waals surface area contributed by atoms with Crippen molar-refractivity contribution in [2.75, 3.05) is 7.11 Å². The zero-order valence-electron chi connectivity index (χ0n) is 15.1. The molecule has 0 heterocycles. The molecule has 8 heteroatoms. The van der Waals surface area contributed by atoms with Crippen LogP contribution >= 0.6 is 27.5 Å². The first-order valence-corrected chi connectivity index (χ1v) is 11.3. The Labute approximate surface area is 177 Å². The maximum Gasteiger partial charge on any atom is 0.330 e. The molecule has 2 aromatic rings. The van der Waals surface area contributed by atoms with Gasteiger partial charge in [-0.25, -0.2) is 17.9 Å². The second-order valence-electron chi connectivity index (χ2n) is 6.50. The molecule has 0 saturated heterocycles. The van der Waals surface area contributed by atoms with E-state index in [0.717, 1.165) is 21.2 Å². The summed E-state index contributed by atoms with van der Waals surface area (Å²) in [5.74, 6) is -0.418. The van der Waals surface area contributed by atoms with Crippen LogP contribution in [0.1, 0.15) is 23.1 Å². The molecule has 1 aliphatic rings. The van der Waals surface area contributed by atoms with Crippen LogP contribution in [0.3, 0.4) is 0 Å². The summed E-state index contributed by atoms with van der Waals surface area (Å²) in [7, 11) is -2.29. The lowest BCUT2D eigenvalue weighted by molar-refractivity contribution is -0.134. The Morgan fingerprint density at radius 3 is 2.68 bits per heavy atom. The van der Waals surface area contributed by atoms with E-state index in [1.54, 1.807) is 18.2 Å². The summed E-state index contributed by atoms with van der Waals surface area (Å²) in [6.07, 6.45) is 5.06. The minimum absolute atomic E-state index is 0.193. The summed E-state index contributed by atoms with van der Waals surface area (Å²) < 4.78 is 33.6. The molecular weight excluding hydrogens is 466 g/mol. The second kappa shape index (κ2) is 8.78. The lowest BCUT2D eigenvalue weighted by Crippen LogP contribution is -2.39. The van der Waals surface area contributed by atoms with Gasteiger partial charge in [-0.05, 0) is 78.4 Å². The molecule has 1 unspecified atom stereocenters. The van der Waals surface area contributed by atoms with Crippen LogP contribution in [0.25, 0.3) is 6.08 Å². The van der Waals surface area contributed by atoms with Crippen molar-refractivity contribution in [3.63, 3.8) is 0 Å². The van der Waals surface area contributed by atoms with Crippen LogP contribution in [0.5, 0.6) is 0 Å². The van der Waals surface area contributed by atoms with Gasteiger partial charge in [-0.1, -0.05) is 27.5 Å². The van der Waals surface area contributed by atoms with E-state index in [2.05, 4.69) is 25.4 Å². The number of carbonyl (C=O) groups excluding carboxylic acids is 1. The lowest BCUT2D eigenvalue weighted by atomic mass is 9.85. The lowest BCUT2D eigenvalue weighted by Gasteiger charge is -2.27. The normalized spacial score (nSPS) is 16.8. The van der Waals surface area contributed by atoms with Crippen molar-refractivity contribution in [2.45, 2.75) is 30.2 Å². The highest BCUT2D eigenvalue weighted by Gasteiger charge is 2.25. The SMILES string of the molecule is COC(=O)/C=C/c1cc(Br)cc2c1CCC(NS(=O)(=O)c1ccc(Cl)cc1)C2. The average Bonchev–Trinajstić information content (AvgIpc) is 2.65. The molecule has 0 fully saturated rings. The summed E-state index contributed by atoms with van der Waals surface area (Å²) in [6, 6.07) is 9.83. The third kappa shape index (κ3) is 5.03. The Kier molecular flexibility index (Phi) is 6.60. The van der Waals surface area contributed by atoms with Gasteiger partial charge in [-0.2, -0.15) is 0 Å². The number of hydrogen-bond donors (Lipinski definition) is 1. The van der Waals surface area contributed by atoms with E-state index >= 15 is 0 Å². The summed E-state index contributed by atoms with van der Waals surface area (Å²) in [5.41, 5.74) is 3.09. The van der Waals surface area contributed by atoms with Crippen molar-refractivity contribution in [3.05, 3.63) is 68.7 Å². The zero-order valence-corrected chi connectivity index (χ0v) is 18.3. The molecule has 0 aliphatic heterocycles. The first-order chi connectivity index (χ1) is 13.3. The van der Waals surface area contributed by atoms with Crippen LogP contribution in [-0.4, -0.2) is 27.5 Å². The van der Waals surface area contributed by atoms with Gasteiger partial charge in [0.2, 0.25) is 10.0 Å². The monoisotopic (exact) mass is 483 g/mol. The van der Waals surface area contributed by atoms with E-state index in [1.165, 1.54) is 25.3 Å². The van der Waals surface area contributed by atoms with Crippen molar-refractivity contribution in [3.8, 4) is 0 Å². The van der Waals surface area contributed by atoms with Crippen LogP contribution in [0.4, 0.5) is 0 Å². The van der Waals surface area contributed by atoms with E-state index in [4.69, 9.17) is 11.6 Å². The van der Waals surface area contributed by atoms with E-state index in [9.17, 15) is 13.2 Å². The topological polar surface area (TPSA) is 72.5 Å². The number of esters is 1. The first-order valence-electron chi connectivity index (χ1n) is 8.64. The molecule has 1 aliphatic carbocycles. The summed E-state index contributed by atoms with van der Waals surface area (Å²) >= 11 is 9.33. The fraction of sp³-hybridized carbons (Fsp3) is 0.250. The minimum Gasteiger partial charge on any atom is -0.466 e. The van der Waals surface area contributed by atoms with Gasteiger partial charge in [0.25, 0.3) is 0 Å². The Bertz CT molecular complexity index is 1020. The van der Waals surface area contributed by atoms with Crippen LogP contribution < -0.4 is 4.72 Å². The highest BCUT2D eigenvalue weighted by atomic mass is 79.9. The van der Waals surface area contributed by atoms with E-state index in [1.807, 2.05) is 12.1 Å². The van der Waals surface area contributed by atoms with E-state index < -0.39 is 16.0 Å². The molecule has 0 amide bonds. The molecule has 0 radical (unpaired) electrons. The van der Waals surface area contributed by atoms with E-state index in [-0.39, 0.29) is 10.9 Å². The second-order valence-corrected chi connectivity index (χ2v) is 9.57. The van der Waals surface area contributed by atoms with Gasteiger partial charge in [0.1, 0.15) is 0 Å². The van der Waals surface area contributed by atoms with Crippen LogP contribution in [0, 0.1) is 0 Å². The smallest absolute Gasteiger partial charge is 0.330 e.